The zero-order valence-corrected chi connectivity index (χ0v) is 12.6. The first kappa shape index (κ1) is 14.6. The topological polar surface area (TPSA) is 61.4 Å². The maximum Gasteiger partial charge on any atom is 0.321 e. The highest BCUT2D eigenvalue weighted by Crippen LogP contribution is 2.20. The van der Waals surface area contributed by atoms with E-state index in [1.807, 2.05) is 0 Å². The predicted molar refractivity (Wildman–Crippen MR) is 80.2 cm³/mol. The van der Waals surface area contributed by atoms with Gasteiger partial charge >= 0.3 is 6.03 Å². The normalized spacial score (nSPS) is 19.9. The summed E-state index contributed by atoms with van der Waals surface area (Å²) in [5.41, 5.74) is 0. The first-order valence-electron chi connectivity index (χ1n) is 6.63. The molecule has 0 radical (unpaired) electrons. The molecule has 0 aromatic carbocycles. The molecule has 0 spiro atoms. The van der Waals surface area contributed by atoms with Crippen molar-refractivity contribution in [1.82, 2.24) is 15.5 Å². The van der Waals surface area contributed by atoms with Crippen LogP contribution >= 0.6 is 24.0 Å². The number of likely N-dealkylation sites (tertiary alicyclic amines) is 1. The molecule has 1 saturated carbocycles. The van der Waals surface area contributed by atoms with Crippen molar-refractivity contribution in [3.63, 3.8) is 0 Å². The van der Waals surface area contributed by atoms with Crippen molar-refractivity contribution in [2.45, 2.75) is 43.9 Å². The Morgan fingerprint density at radius 3 is 2.53 bits per heavy atom. The average Bonchev–Trinajstić information content (AvgIpc) is 2.98. The van der Waals surface area contributed by atoms with E-state index in [-0.39, 0.29) is 17.2 Å². The second kappa shape index (κ2) is 6.56. The minimum Gasteiger partial charge on any atom is -0.358 e. The zero-order chi connectivity index (χ0) is 13.8. The molecular weight excluding hydrogens is 282 g/mol. The fraction of sp³-hybridized carbons (Fsp3) is 0.750. The van der Waals surface area contributed by atoms with E-state index in [9.17, 15) is 9.59 Å². The largest absolute Gasteiger partial charge is 0.358 e. The van der Waals surface area contributed by atoms with Crippen LogP contribution in [0.1, 0.15) is 32.6 Å². The molecular formula is C12H19N3O2S2. The predicted octanol–water partition coefficient (Wildman–Crippen LogP) is 1.48. The minimum absolute atomic E-state index is 0.251. The van der Waals surface area contributed by atoms with Gasteiger partial charge in [0.25, 0.3) is 0 Å². The van der Waals surface area contributed by atoms with Crippen LogP contribution in [0.5, 0.6) is 0 Å². The van der Waals surface area contributed by atoms with Crippen molar-refractivity contribution in [2.24, 2.45) is 0 Å². The summed E-state index contributed by atoms with van der Waals surface area (Å²) in [6.07, 6.45) is 4.33. The maximum atomic E-state index is 11.8. The van der Waals surface area contributed by atoms with Crippen molar-refractivity contribution >= 4 is 40.2 Å². The monoisotopic (exact) mass is 301 g/mol. The Labute approximate surface area is 122 Å². The van der Waals surface area contributed by atoms with Gasteiger partial charge in [-0.1, -0.05) is 24.0 Å². The first-order chi connectivity index (χ1) is 9.06. The quantitative estimate of drug-likeness (QED) is 0.773. The highest BCUT2D eigenvalue weighted by molar-refractivity contribution is 8.23. The van der Waals surface area contributed by atoms with Gasteiger partial charge in [-0.15, -0.1) is 0 Å². The molecule has 0 aromatic heterocycles. The van der Waals surface area contributed by atoms with Crippen LogP contribution < -0.4 is 10.6 Å². The van der Waals surface area contributed by atoms with Crippen molar-refractivity contribution in [2.75, 3.05) is 13.1 Å². The van der Waals surface area contributed by atoms with Crippen LogP contribution in [0.15, 0.2) is 0 Å². The van der Waals surface area contributed by atoms with E-state index in [4.69, 9.17) is 12.2 Å². The molecule has 2 N–H and O–H groups in total. The van der Waals surface area contributed by atoms with Gasteiger partial charge in [0.15, 0.2) is 0 Å². The molecule has 2 fully saturated rings. The van der Waals surface area contributed by atoms with Crippen LogP contribution in [-0.4, -0.2) is 45.5 Å². The molecule has 106 valence electrons. The second-order valence-electron chi connectivity index (χ2n) is 4.96. The van der Waals surface area contributed by atoms with Crippen LogP contribution in [0.3, 0.4) is 0 Å². The Kier molecular flexibility index (Phi) is 5.04. The lowest BCUT2D eigenvalue weighted by Crippen LogP contribution is -2.44. The first-order valence-corrected chi connectivity index (χ1v) is 7.92. The molecule has 3 amide bonds. The highest BCUT2D eigenvalue weighted by Gasteiger charge is 2.26. The van der Waals surface area contributed by atoms with Crippen molar-refractivity contribution < 1.29 is 9.59 Å². The van der Waals surface area contributed by atoms with Gasteiger partial charge in [0, 0.05) is 19.1 Å². The summed E-state index contributed by atoms with van der Waals surface area (Å²) in [6, 6.07) is -0.145. The van der Waals surface area contributed by atoms with Crippen LogP contribution in [0.2, 0.25) is 0 Å². The molecule has 1 atom stereocenters. The van der Waals surface area contributed by atoms with E-state index in [2.05, 4.69) is 15.5 Å². The average molecular weight is 301 g/mol. The number of nitrogens with one attached hydrogen (secondary N) is 2. The van der Waals surface area contributed by atoms with Crippen LogP contribution in [0.25, 0.3) is 0 Å². The van der Waals surface area contributed by atoms with E-state index in [1.54, 1.807) is 6.92 Å². The Balaban J connectivity index is 1.71. The van der Waals surface area contributed by atoms with Gasteiger partial charge in [-0.25, -0.2) is 4.79 Å². The number of thioether (sulfide) groups is 1. The second-order valence-corrected chi connectivity index (χ2v) is 6.93. The van der Waals surface area contributed by atoms with E-state index in [0.717, 1.165) is 43.1 Å². The standard InChI is InChI=1S/C12H19N3O2S2/c1-8(19-12(18)15-6-2-3-7-15)10(16)14-11(17)13-9-4-5-9/h8-9H,2-7H2,1H3,(H2,13,14,16,17). The van der Waals surface area contributed by atoms with Crippen LogP contribution in [0, 0.1) is 0 Å². The summed E-state index contributed by atoms with van der Waals surface area (Å²) < 4.78 is 0.753. The number of hydrogen-bond donors (Lipinski definition) is 2. The molecule has 0 bridgehead atoms. The van der Waals surface area contributed by atoms with Crippen molar-refractivity contribution in [3.05, 3.63) is 0 Å². The van der Waals surface area contributed by atoms with E-state index >= 15 is 0 Å². The van der Waals surface area contributed by atoms with Gasteiger partial charge in [0.1, 0.15) is 4.32 Å². The number of imide groups is 1. The summed E-state index contributed by atoms with van der Waals surface area (Å²) in [4.78, 5) is 25.4. The number of rotatable bonds is 3. The number of hydrogen-bond acceptors (Lipinski definition) is 4. The summed E-state index contributed by atoms with van der Waals surface area (Å²) >= 11 is 6.66. The summed E-state index contributed by atoms with van der Waals surface area (Å²) in [5.74, 6) is -0.287. The molecule has 1 heterocycles. The number of carbonyl (C=O) groups excluding carboxylic acids is 2. The highest BCUT2D eigenvalue weighted by atomic mass is 32.2. The lowest BCUT2D eigenvalue weighted by molar-refractivity contribution is -0.119. The molecule has 7 heteroatoms. The fourth-order valence-electron chi connectivity index (χ4n) is 1.84. The Bertz CT molecular complexity index is 379. The van der Waals surface area contributed by atoms with Gasteiger partial charge in [0.05, 0.1) is 5.25 Å². The molecule has 1 unspecified atom stereocenters. The van der Waals surface area contributed by atoms with Crippen molar-refractivity contribution in [1.29, 1.82) is 0 Å². The van der Waals surface area contributed by atoms with Gasteiger partial charge < -0.3 is 10.2 Å². The number of urea groups is 1. The summed E-state index contributed by atoms with van der Waals surface area (Å²) in [7, 11) is 0. The lowest BCUT2D eigenvalue weighted by Gasteiger charge is -2.20. The number of amides is 3. The SMILES string of the molecule is CC(SC(=S)N1CCCC1)C(=O)NC(=O)NC1CC1. The third-order valence-corrected chi connectivity index (χ3v) is 4.73. The Hall–Kier alpha value is -0.820. The molecule has 0 aromatic rings. The smallest absolute Gasteiger partial charge is 0.321 e. The zero-order valence-electron chi connectivity index (χ0n) is 11.0. The number of thiocarbonyl (C=S) groups is 1. The van der Waals surface area contributed by atoms with E-state index in [1.165, 1.54) is 11.8 Å². The van der Waals surface area contributed by atoms with Crippen molar-refractivity contribution in [3.8, 4) is 0 Å². The third-order valence-electron chi connectivity index (χ3n) is 3.16. The molecule has 5 nitrogen and oxygen atoms in total. The molecule has 19 heavy (non-hydrogen) atoms. The van der Waals surface area contributed by atoms with Gasteiger partial charge in [-0.2, -0.15) is 0 Å². The number of carbonyl (C=O) groups is 2. The van der Waals surface area contributed by atoms with Crippen LogP contribution in [-0.2, 0) is 4.79 Å². The van der Waals surface area contributed by atoms with Gasteiger partial charge in [-0.3, -0.25) is 10.1 Å². The van der Waals surface area contributed by atoms with E-state index < -0.39 is 6.03 Å². The molecule has 1 aliphatic heterocycles. The molecule has 1 aliphatic carbocycles. The number of nitrogens with zero attached hydrogens (tertiary/aromatic N) is 1. The summed E-state index contributed by atoms with van der Waals surface area (Å²) in [5, 5.41) is 4.73. The molecule has 2 rings (SSSR count). The Morgan fingerprint density at radius 2 is 1.95 bits per heavy atom. The molecule has 2 aliphatic rings. The lowest BCUT2D eigenvalue weighted by atomic mass is 10.4. The van der Waals surface area contributed by atoms with Gasteiger partial charge in [-0.05, 0) is 32.6 Å². The van der Waals surface area contributed by atoms with Crippen LogP contribution in [0.4, 0.5) is 4.79 Å². The minimum atomic E-state index is -0.396. The van der Waals surface area contributed by atoms with Gasteiger partial charge in [0.2, 0.25) is 5.91 Å². The molecule has 1 saturated heterocycles. The summed E-state index contributed by atoms with van der Waals surface area (Å²) in [6.45, 7) is 3.72. The van der Waals surface area contributed by atoms with E-state index in [0.29, 0.717) is 0 Å². The fourth-order valence-corrected chi connectivity index (χ4v) is 3.26. The maximum absolute atomic E-state index is 11.8. The third kappa shape index (κ3) is 4.65. The Morgan fingerprint density at radius 1 is 1.32 bits per heavy atom.